The van der Waals surface area contributed by atoms with E-state index < -0.39 is 5.97 Å². The monoisotopic (exact) mass is 248 g/mol. The van der Waals surface area contributed by atoms with E-state index in [0.717, 1.165) is 17.5 Å². The van der Waals surface area contributed by atoms with Crippen molar-refractivity contribution in [3.8, 4) is 0 Å². The van der Waals surface area contributed by atoms with Crippen LogP contribution in [0.1, 0.15) is 63.1 Å². The lowest BCUT2D eigenvalue weighted by atomic mass is 9.82. The number of hydrogen-bond acceptors (Lipinski definition) is 1. The van der Waals surface area contributed by atoms with Crippen LogP contribution in [0.2, 0.25) is 0 Å². The van der Waals surface area contributed by atoms with Gasteiger partial charge in [0.25, 0.3) is 0 Å². The number of rotatable bonds is 4. The van der Waals surface area contributed by atoms with Crippen molar-refractivity contribution in [3.05, 3.63) is 34.9 Å². The van der Waals surface area contributed by atoms with Gasteiger partial charge in [0.15, 0.2) is 0 Å². The van der Waals surface area contributed by atoms with E-state index in [0.29, 0.717) is 6.42 Å². The third-order valence-electron chi connectivity index (χ3n) is 3.40. The highest BCUT2D eigenvalue weighted by Gasteiger charge is 2.23. The second kappa shape index (κ2) is 5.55. The maximum absolute atomic E-state index is 11.4. The van der Waals surface area contributed by atoms with Gasteiger partial charge in [0.05, 0.1) is 5.92 Å². The van der Waals surface area contributed by atoms with Crippen molar-refractivity contribution in [2.75, 3.05) is 0 Å². The van der Waals surface area contributed by atoms with Crippen molar-refractivity contribution < 1.29 is 9.90 Å². The third-order valence-corrected chi connectivity index (χ3v) is 3.40. The molecule has 100 valence electrons. The first-order valence-electron chi connectivity index (χ1n) is 6.61. The molecule has 0 heterocycles. The highest BCUT2D eigenvalue weighted by atomic mass is 16.4. The summed E-state index contributed by atoms with van der Waals surface area (Å²) < 4.78 is 0. The Morgan fingerprint density at radius 3 is 2.39 bits per heavy atom. The van der Waals surface area contributed by atoms with Gasteiger partial charge in [-0.05, 0) is 35.4 Å². The second-order valence-corrected chi connectivity index (χ2v) is 6.00. The van der Waals surface area contributed by atoms with E-state index in [-0.39, 0.29) is 11.3 Å². The minimum atomic E-state index is -0.717. The highest BCUT2D eigenvalue weighted by Crippen LogP contribution is 2.30. The van der Waals surface area contributed by atoms with Crippen LogP contribution in [0.3, 0.4) is 0 Å². The van der Waals surface area contributed by atoms with Crippen molar-refractivity contribution in [1.29, 1.82) is 0 Å². The Labute approximate surface area is 110 Å². The van der Waals surface area contributed by atoms with E-state index in [1.807, 2.05) is 19.9 Å². The SMILES string of the molecule is CCCC(C(=O)O)c1cc(C(C)(C)C)ccc1C. The first kappa shape index (κ1) is 14.7. The first-order chi connectivity index (χ1) is 8.27. The summed E-state index contributed by atoms with van der Waals surface area (Å²) in [5.41, 5.74) is 3.30. The van der Waals surface area contributed by atoms with Crippen LogP contribution >= 0.6 is 0 Å². The van der Waals surface area contributed by atoms with Crippen LogP contribution in [0.25, 0.3) is 0 Å². The fraction of sp³-hybridized carbons (Fsp3) is 0.562. The second-order valence-electron chi connectivity index (χ2n) is 6.00. The van der Waals surface area contributed by atoms with Crippen molar-refractivity contribution >= 4 is 5.97 Å². The molecular formula is C16H24O2. The predicted octanol–water partition coefficient (Wildman–Crippen LogP) is 4.26. The molecule has 0 spiro atoms. The van der Waals surface area contributed by atoms with Crippen LogP contribution in [0, 0.1) is 6.92 Å². The number of aliphatic carboxylic acids is 1. The summed E-state index contributed by atoms with van der Waals surface area (Å²) in [7, 11) is 0. The standard InChI is InChI=1S/C16H24O2/c1-6-7-13(15(17)18)14-10-12(16(3,4)5)9-8-11(14)2/h8-10,13H,6-7H2,1-5H3,(H,17,18). The molecule has 18 heavy (non-hydrogen) atoms. The minimum absolute atomic E-state index is 0.0533. The van der Waals surface area contributed by atoms with Gasteiger partial charge in [0, 0.05) is 0 Å². The Morgan fingerprint density at radius 1 is 1.33 bits per heavy atom. The van der Waals surface area contributed by atoms with E-state index in [4.69, 9.17) is 0 Å². The molecule has 1 unspecified atom stereocenters. The number of carbonyl (C=O) groups is 1. The number of carboxylic acids is 1. The molecule has 0 aliphatic carbocycles. The molecule has 1 aromatic rings. The Kier molecular flexibility index (Phi) is 4.55. The van der Waals surface area contributed by atoms with E-state index in [9.17, 15) is 9.90 Å². The summed E-state index contributed by atoms with van der Waals surface area (Å²) >= 11 is 0. The molecule has 0 saturated heterocycles. The summed E-state index contributed by atoms with van der Waals surface area (Å²) in [6.07, 6.45) is 1.58. The summed E-state index contributed by atoms with van der Waals surface area (Å²) in [4.78, 5) is 11.4. The normalized spacial score (nSPS) is 13.4. The van der Waals surface area contributed by atoms with E-state index >= 15 is 0 Å². The zero-order valence-electron chi connectivity index (χ0n) is 12.1. The van der Waals surface area contributed by atoms with Gasteiger partial charge in [-0.15, -0.1) is 0 Å². The molecule has 0 aliphatic heterocycles. The first-order valence-corrected chi connectivity index (χ1v) is 6.61. The minimum Gasteiger partial charge on any atom is -0.481 e. The van der Waals surface area contributed by atoms with Crippen LogP contribution in [0.4, 0.5) is 0 Å². The summed E-state index contributed by atoms with van der Waals surface area (Å²) in [5.74, 6) is -1.09. The predicted molar refractivity (Wildman–Crippen MR) is 75.2 cm³/mol. The van der Waals surface area contributed by atoms with Gasteiger partial charge in [-0.3, -0.25) is 4.79 Å². The van der Waals surface area contributed by atoms with Gasteiger partial charge >= 0.3 is 5.97 Å². The zero-order valence-corrected chi connectivity index (χ0v) is 12.1. The average molecular weight is 248 g/mol. The van der Waals surface area contributed by atoms with Crippen LogP contribution in [-0.4, -0.2) is 11.1 Å². The van der Waals surface area contributed by atoms with Crippen molar-refractivity contribution in [1.82, 2.24) is 0 Å². The number of aryl methyl sites for hydroxylation is 1. The molecule has 0 fully saturated rings. The Morgan fingerprint density at radius 2 is 1.94 bits per heavy atom. The van der Waals surface area contributed by atoms with Crippen LogP contribution in [-0.2, 0) is 10.2 Å². The average Bonchev–Trinajstić information content (AvgIpc) is 2.25. The van der Waals surface area contributed by atoms with Crippen molar-refractivity contribution in [3.63, 3.8) is 0 Å². The van der Waals surface area contributed by atoms with Crippen LogP contribution in [0.5, 0.6) is 0 Å². The maximum atomic E-state index is 11.4. The number of hydrogen-bond donors (Lipinski definition) is 1. The molecule has 0 saturated carbocycles. The van der Waals surface area contributed by atoms with Crippen molar-refractivity contribution in [2.45, 2.75) is 58.8 Å². The van der Waals surface area contributed by atoms with E-state index in [1.54, 1.807) is 0 Å². The van der Waals surface area contributed by atoms with E-state index in [1.165, 1.54) is 5.56 Å². The Hall–Kier alpha value is -1.31. The van der Waals surface area contributed by atoms with Gasteiger partial charge in [0.2, 0.25) is 0 Å². The molecule has 0 amide bonds. The molecule has 1 N–H and O–H groups in total. The topological polar surface area (TPSA) is 37.3 Å². The molecule has 0 aromatic heterocycles. The molecule has 1 atom stereocenters. The van der Waals surface area contributed by atoms with Gasteiger partial charge in [0.1, 0.15) is 0 Å². The van der Waals surface area contributed by atoms with Gasteiger partial charge < -0.3 is 5.11 Å². The van der Waals surface area contributed by atoms with Gasteiger partial charge in [-0.1, -0.05) is 52.3 Å². The van der Waals surface area contributed by atoms with Gasteiger partial charge in [-0.2, -0.15) is 0 Å². The van der Waals surface area contributed by atoms with Crippen LogP contribution < -0.4 is 0 Å². The van der Waals surface area contributed by atoms with Gasteiger partial charge in [-0.25, -0.2) is 0 Å². The molecule has 2 heteroatoms. The Balaban J connectivity index is 3.25. The van der Waals surface area contributed by atoms with E-state index in [2.05, 4.69) is 32.9 Å². The molecule has 0 aliphatic rings. The molecule has 1 aromatic carbocycles. The number of carboxylic acid groups (broad SMARTS) is 1. The maximum Gasteiger partial charge on any atom is 0.310 e. The highest BCUT2D eigenvalue weighted by molar-refractivity contribution is 5.76. The summed E-state index contributed by atoms with van der Waals surface area (Å²) in [6.45, 7) is 10.5. The lowest BCUT2D eigenvalue weighted by molar-refractivity contribution is -0.139. The molecule has 1 rings (SSSR count). The Bertz CT molecular complexity index is 427. The largest absolute Gasteiger partial charge is 0.481 e. The quantitative estimate of drug-likeness (QED) is 0.864. The molecule has 0 radical (unpaired) electrons. The molecule has 2 nitrogen and oxygen atoms in total. The lowest BCUT2D eigenvalue weighted by Gasteiger charge is -2.23. The molecule has 0 bridgehead atoms. The smallest absolute Gasteiger partial charge is 0.310 e. The molecular weight excluding hydrogens is 224 g/mol. The van der Waals surface area contributed by atoms with Crippen molar-refractivity contribution in [2.24, 2.45) is 0 Å². The zero-order chi connectivity index (χ0) is 13.9. The number of benzene rings is 1. The fourth-order valence-corrected chi connectivity index (χ4v) is 2.18. The van der Waals surface area contributed by atoms with Crippen LogP contribution in [0.15, 0.2) is 18.2 Å². The summed E-state index contributed by atoms with van der Waals surface area (Å²) in [5, 5.41) is 9.38. The summed E-state index contributed by atoms with van der Waals surface area (Å²) in [6, 6.07) is 6.22. The lowest BCUT2D eigenvalue weighted by Crippen LogP contribution is -2.16. The fourth-order valence-electron chi connectivity index (χ4n) is 2.18. The third kappa shape index (κ3) is 3.34.